The van der Waals surface area contributed by atoms with Gasteiger partial charge in [0.2, 0.25) is 0 Å². The minimum Gasteiger partial charge on any atom is -0.310 e. The molecule has 6 nitrogen and oxygen atoms in total. The lowest BCUT2D eigenvalue weighted by Crippen LogP contribution is -2.61. The molecule has 18 rings (SSSR count). The van der Waals surface area contributed by atoms with Crippen molar-refractivity contribution in [3.63, 3.8) is 0 Å². The Balaban J connectivity index is 1.11. The standard InChI is InChI=1S/C115H113BN6/c1-109(2,3)81-49-37-48-77(58-81)78-50-54-95-99(61-78)121(104-89(72-38-27-22-28-39-72)66-86(114(16,17)18)67-90(104)73-40-29-23-30-41-73)101-70-88(120-97-56-52-82(110(4,5)6)64-92(97)93-65-83(111(7,8)9)53-57-98(93)120)71-102-103(101)116(95)96-55-51-79(80-59-84(112(10,11)12)63-85(60-80)113(13,14)15)62-100(96)122(102)105-91(74-42-31-24-32-43-74)68-87(115(19,20)21)69-94(105)108-118-106(75-44-33-25-34-45-75)117-107(119-108)76-46-35-26-36-47-76/h22-71H,1-21H3/i25D,26D,33D,34D,35D,36D,44D,45D,46D,47D. The van der Waals surface area contributed by atoms with Gasteiger partial charge in [-0.15, -0.1) is 0 Å². The van der Waals surface area contributed by atoms with Gasteiger partial charge in [-0.05, 0) is 205 Å². The first kappa shape index (κ1) is 69.2. The first-order chi connectivity index (χ1) is 62.0. The van der Waals surface area contributed by atoms with Crippen LogP contribution in [0.1, 0.15) is 198 Å². The molecule has 0 N–H and O–H groups in total. The maximum Gasteiger partial charge on any atom is 0.252 e. The zero-order valence-corrected chi connectivity index (χ0v) is 74.4. The SMILES string of the molecule is [2H]c1c([2H])c([2H])c(-c2nc(-c3cc(C(C)(C)C)cc(-c4ccccc4)c3N3c4cc(-c5cc(C(C)(C)C)cc(C(C)(C)C)c5)ccc4B4c5ccc(-c6cccc(C(C)(C)C)c6)cc5N(c5c(-c6ccccc6)cc(C(C)(C)C)cc5-c5ccccc5)c5cc(-n6c7ccc(C(C)(C)C)cc7c7cc(C(C)(C)C)ccc76)cc3c54)nc(-c3c([2H])c([2H])c([2H])c([2H])c3[2H])n2)c([2H])c1[2H]. The second-order valence-electron chi connectivity index (χ2n) is 40.7. The zero-order valence-electron chi connectivity index (χ0n) is 84.4. The summed E-state index contributed by atoms with van der Waals surface area (Å²) in [6.07, 6.45) is 0. The number of hydrogen-bond donors (Lipinski definition) is 0. The number of fused-ring (bicyclic) bond motifs is 7. The van der Waals surface area contributed by atoms with Crippen molar-refractivity contribution in [1.29, 1.82) is 0 Å². The van der Waals surface area contributed by atoms with E-state index in [-0.39, 0.29) is 61.1 Å². The molecule has 16 aromatic rings. The number of anilines is 6. The molecule has 606 valence electrons. The predicted octanol–water partition coefficient (Wildman–Crippen LogP) is 29.5. The average Bonchev–Trinajstić information content (AvgIpc) is 0.900. The van der Waals surface area contributed by atoms with Gasteiger partial charge in [0.05, 0.1) is 41.8 Å². The summed E-state index contributed by atoms with van der Waals surface area (Å²) >= 11 is 0. The number of aromatic nitrogens is 4. The van der Waals surface area contributed by atoms with Crippen LogP contribution in [0.3, 0.4) is 0 Å². The Kier molecular flexibility index (Phi) is 16.9. The van der Waals surface area contributed by atoms with Crippen molar-refractivity contribution < 1.29 is 13.7 Å². The van der Waals surface area contributed by atoms with Crippen LogP contribution in [0.4, 0.5) is 34.1 Å². The third kappa shape index (κ3) is 14.8. The highest BCUT2D eigenvalue weighted by molar-refractivity contribution is 7.00. The zero-order chi connectivity index (χ0) is 94.4. The molecule has 0 bridgehead atoms. The molecule has 0 saturated carbocycles. The molecule has 0 radical (unpaired) electrons. The third-order valence-electron chi connectivity index (χ3n) is 24.8. The van der Waals surface area contributed by atoms with Gasteiger partial charge in [-0.3, -0.25) is 0 Å². The van der Waals surface area contributed by atoms with Crippen LogP contribution in [0.2, 0.25) is 0 Å². The quantitative estimate of drug-likeness (QED) is 0.121. The highest BCUT2D eigenvalue weighted by Crippen LogP contribution is 2.57. The Labute approximate surface area is 738 Å². The summed E-state index contributed by atoms with van der Waals surface area (Å²) in [6, 6.07) is 84.0. The topological polar surface area (TPSA) is 50.1 Å². The fourth-order valence-corrected chi connectivity index (χ4v) is 17.7. The van der Waals surface area contributed by atoms with Crippen LogP contribution in [0.5, 0.6) is 0 Å². The molecular formula is C115H113BN6. The number of benzene rings is 14. The molecule has 0 spiro atoms. The largest absolute Gasteiger partial charge is 0.310 e. The lowest BCUT2D eigenvalue weighted by atomic mass is 9.33. The van der Waals surface area contributed by atoms with Crippen molar-refractivity contribution in [2.24, 2.45) is 0 Å². The number of nitrogens with zero attached hydrogens (tertiary/aromatic N) is 6. The van der Waals surface area contributed by atoms with Crippen LogP contribution in [0.15, 0.2) is 303 Å². The second kappa shape index (κ2) is 29.7. The van der Waals surface area contributed by atoms with Crippen LogP contribution in [0, 0.1) is 0 Å². The van der Waals surface area contributed by atoms with Crippen molar-refractivity contribution in [1.82, 2.24) is 19.5 Å². The average molecular weight is 1600 g/mol. The Morgan fingerprint density at radius 1 is 0.254 bits per heavy atom. The van der Waals surface area contributed by atoms with E-state index in [2.05, 4.69) is 384 Å². The monoisotopic (exact) mass is 1600 g/mol. The Hall–Kier alpha value is -12.4. The van der Waals surface area contributed by atoms with Gasteiger partial charge in [0, 0.05) is 66.9 Å². The number of hydrogen-bond acceptors (Lipinski definition) is 5. The predicted molar refractivity (Wildman–Crippen MR) is 523 cm³/mol. The van der Waals surface area contributed by atoms with E-state index in [1.807, 2.05) is 18.2 Å². The summed E-state index contributed by atoms with van der Waals surface area (Å²) in [7, 11) is 0. The molecule has 0 atom stereocenters. The summed E-state index contributed by atoms with van der Waals surface area (Å²) < 4.78 is 96.5. The minimum atomic E-state index is -0.655. The summed E-state index contributed by atoms with van der Waals surface area (Å²) in [5, 5.41) is 2.19. The van der Waals surface area contributed by atoms with Crippen LogP contribution < -0.4 is 26.2 Å². The van der Waals surface area contributed by atoms with E-state index >= 15 is 0 Å². The van der Waals surface area contributed by atoms with Crippen molar-refractivity contribution in [3.05, 3.63) is 342 Å². The molecule has 0 fully saturated rings. The van der Waals surface area contributed by atoms with E-state index in [1.165, 1.54) is 27.8 Å². The van der Waals surface area contributed by atoms with Crippen LogP contribution >= 0.6 is 0 Å². The summed E-state index contributed by atoms with van der Waals surface area (Å²) in [6.45, 7) is 46.9. The van der Waals surface area contributed by atoms with Gasteiger partial charge in [-0.25, -0.2) is 15.0 Å². The summed E-state index contributed by atoms with van der Waals surface area (Å²) in [5.74, 6) is -0.839. The van der Waals surface area contributed by atoms with Crippen LogP contribution in [-0.4, -0.2) is 26.2 Å². The van der Waals surface area contributed by atoms with E-state index in [9.17, 15) is 11.0 Å². The van der Waals surface area contributed by atoms with Gasteiger partial charge in [0.25, 0.3) is 6.71 Å². The molecule has 2 aliphatic heterocycles. The lowest BCUT2D eigenvalue weighted by molar-refractivity contribution is 0.569. The maximum atomic E-state index is 9.77. The molecule has 0 saturated heterocycles. The fraction of sp³-hybridized carbons (Fsp3) is 0.243. The normalized spacial score (nSPS) is 14.4. The van der Waals surface area contributed by atoms with Gasteiger partial charge < -0.3 is 14.4 Å². The fourth-order valence-electron chi connectivity index (χ4n) is 17.7. The minimum absolute atomic E-state index is 0.0786. The maximum absolute atomic E-state index is 9.77. The molecular weight excluding hydrogens is 1480 g/mol. The molecule has 0 aliphatic carbocycles. The molecule has 4 heterocycles. The van der Waals surface area contributed by atoms with E-state index in [0.717, 1.165) is 139 Å². The summed E-state index contributed by atoms with van der Waals surface area (Å²) in [5.41, 5.74) is 25.8. The van der Waals surface area contributed by atoms with Crippen molar-refractivity contribution in [2.45, 2.75) is 183 Å². The Bertz CT molecular complexity index is 7130. The highest BCUT2D eigenvalue weighted by Gasteiger charge is 2.47. The number of rotatable bonds is 11. The molecule has 0 unspecified atom stereocenters. The van der Waals surface area contributed by atoms with E-state index in [1.54, 1.807) is 0 Å². The van der Waals surface area contributed by atoms with Crippen molar-refractivity contribution >= 4 is 79.0 Å². The molecule has 122 heavy (non-hydrogen) atoms. The van der Waals surface area contributed by atoms with Crippen molar-refractivity contribution in [3.8, 4) is 95.5 Å². The second-order valence-corrected chi connectivity index (χ2v) is 40.7. The Morgan fingerprint density at radius 3 is 0.992 bits per heavy atom. The lowest BCUT2D eigenvalue weighted by Gasteiger charge is -2.46. The van der Waals surface area contributed by atoms with Gasteiger partial charge >= 0.3 is 0 Å². The van der Waals surface area contributed by atoms with Gasteiger partial charge in [-0.2, -0.15) is 0 Å². The van der Waals surface area contributed by atoms with Crippen LogP contribution in [-0.2, 0) is 37.9 Å². The molecule has 0 amide bonds. The van der Waals surface area contributed by atoms with E-state index < -0.39 is 72.6 Å². The van der Waals surface area contributed by atoms with Gasteiger partial charge in [0.15, 0.2) is 17.5 Å². The smallest absolute Gasteiger partial charge is 0.252 e. The molecule has 14 aromatic carbocycles. The van der Waals surface area contributed by atoms with Crippen molar-refractivity contribution in [2.75, 3.05) is 9.80 Å². The first-order valence-corrected chi connectivity index (χ1v) is 42.9. The third-order valence-corrected chi connectivity index (χ3v) is 24.8. The van der Waals surface area contributed by atoms with Crippen LogP contribution in [0.25, 0.3) is 117 Å². The summed E-state index contributed by atoms with van der Waals surface area (Å²) in [4.78, 5) is 21.0. The van der Waals surface area contributed by atoms with Gasteiger partial charge in [0.1, 0.15) is 0 Å². The molecule has 2 aromatic heterocycles. The molecule has 2 aliphatic rings. The van der Waals surface area contributed by atoms with E-state index in [0.29, 0.717) is 11.3 Å². The Morgan fingerprint density at radius 2 is 0.590 bits per heavy atom. The highest BCUT2D eigenvalue weighted by atomic mass is 15.2. The van der Waals surface area contributed by atoms with E-state index in [4.69, 9.17) is 17.7 Å². The van der Waals surface area contributed by atoms with Gasteiger partial charge in [-0.1, -0.05) is 376 Å². The first-order valence-electron chi connectivity index (χ1n) is 47.9. The molecule has 7 heteroatoms.